The number of phenols is 1. The largest absolute Gasteiger partial charge is 0.504 e. The van der Waals surface area contributed by atoms with E-state index in [0.29, 0.717) is 5.30 Å². The molecule has 0 aliphatic heterocycles. The van der Waals surface area contributed by atoms with E-state index in [1.54, 1.807) is 0 Å². The van der Waals surface area contributed by atoms with Crippen LogP contribution in [0.2, 0.25) is 0 Å². The van der Waals surface area contributed by atoms with Gasteiger partial charge in [-0.25, -0.2) is 4.39 Å². The quantitative estimate of drug-likeness (QED) is 0.358. The zero-order valence-electron chi connectivity index (χ0n) is 7.06. The predicted octanol–water partition coefficient (Wildman–Crippen LogP) is 0.920. The van der Waals surface area contributed by atoms with E-state index in [1.807, 2.05) is 0 Å². The molecule has 0 heterocycles. The summed E-state index contributed by atoms with van der Waals surface area (Å²) in [4.78, 5) is 0. The van der Waals surface area contributed by atoms with Gasteiger partial charge in [-0.3, -0.25) is 0 Å². The Balaban J connectivity index is 3.66. The van der Waals surface area contributed by atoms with Crippen molar-refractivity contribution in [3.8, 4) is 5.75 Å². The third kappa shape index (κ3) is 1.38. The Bertz CT molecular complexity index is 350. The van der Waals surface area contributed by atoms with Crippen LogP contribution in [0, 0.1) is 18.2 Å². The van der Waals surface area contributed by atoms with Crippen molar-refractivity contribution >= 4 is 26.4 Å². The Morgan fingerprint density at radius 1 is 1.62 bits per heavy atom. The molecule has 0 fully saturated rings. The van der Waals surface area contributed by atoms with E-state index in [9.17, 15) is 9.50 Å². The van der Waals surface area contributed by atoms with Crippen molar-refractivity contribution < 1.29 is 9.50 Å². The number of aromatic hydroxyl groups is 1. The van der Waals surface area contributed by atoms with Gasteiger partial charge in [0.05, 0.1) is 11.3 Å². The van der Waals surface area contributed by atoms with Crippen LogP contribution in [0.1, 0.15) is 11.1 Å². The Labute approximate surface area is 77.5 Å². The van der Waals surface area contributed by atoms with Crippen LogP contribution >= 0.6 is 9.24 Å². The molecule has 0 bridgehead atoms. The molecule has 1 rings (SSSR count). The number of nitrogen functional groups attached to an aromatic ring is 1. The van der Waals surface area contributed by atoms with Crippen LogP contribution in [0.15, 0.2) is 0 Å². The van der Waals surface area contributed by atoms with Crippen LogP contribution in [0.3, 0.4) is 0 Å². The molecule has 5 heteroatoms. The monoisotopic (exact) mass is 200 g/mol. The summed E-state index contributed by atoms with van der Waals surface area (Å²) in [6, 6.07) is 0. The van der Waals surface area contributed by atoms with Crippen molar-refractivity contribution in [3.63, 3.8) is 0 Å². The normalized spacial score (nSPS) is 10.1. The van der Waals surface area contributed by atoms with Crippen molar-refractivity contribution in [2.75, 3.05) is 5.73 Å². The summed E-state index contributed by atoms with van der Waals surface area (Å²) >= 11 is 0. The van der Waals surface area contributed by atoms with Gasteiger partial charge < -0.3 is 16.2 Å². The first kappa shape index (κ1) is 9.93. The van der Waals surface area contributed by atoms with Crippen molar-refractivity contribution in [2.45, 2.75) is 6.92 Å². The molecule has 0 aliphatic carbocycles. The summed E-state index contributed by atoms with van der Waals surface area (Å²) in [5.74, 6) is -1.28. The Hall–Kier alpha value is -1.15. The number of phenolic OH excluding ortho intramolecular Hbond substituents is 1. The smallest absolute Gasteiger partial charge is 0.169 e. The maximum atomic E-state index is 13.2. The van der Waals surface area contributed by atoms with Crippen LogP contribution < -0.4 is 11.0 Å². The molecular weight excluding hydrogens is 190 g/mol. The van der Waals surface area contributed by atoms with Gasteiger partial charge in [-0.2, -0.15) is 0 Å². The molecule has 13 heavy (non-hydrogen) atoms. The zero-order valence-corrected chi connectivity index (χ0v) is 8.21. The Morgan fingerprint density at radius 3 is 2.62 bits per heavy atom. The van der Waals surface area contributed by atoms with Crippen LogP contribution in [0.5, 0.6) is 5.75 Å². The number of anilines is 1. The summed E-state index contributed by atoms with van der Waals surface area (Å²) in [6.07, 6.45) is 0.834. The fraction of sp³-hybridized carbons (Fsp3) is 0.125. The second-order valence-electron chi connectivity index (χ2n) is 2.67. The molecule has 1 atom stereocenters. The van der Waals surface area contributed by atoms with E-state index in [4.69, 9.17) is 11.1 Å². The highest BCUT2D eigenvalue weighted by Crippen LogP contribution is 2.27. The third-order valence-corrected chi connectivity index (χ3v) is 2.66. The fourth-order valence-electron chi connectivity index (χ4n) is 1.03. The van der Waals surface area contributed by atoms with Gasteiger partial charge >= 0.3 is 0 Å². The molecule has 1 unspecified atom stereocenters. The first-order chi connectivity index (χ1) is 6.00. The minimum atomic E-state index is -0.724. The van der Waals surface area contributed by atoms with Crippen LogP contribution in [0.25, 0.3) is 0 Å². The molecule has 0 amide bonds. The molecule has 1 aromatic carbocycles. The van der Waals surface area contributed by atoms with Crippen molar-refractivity contribution in [3.05, 3.63) is 16.9 Å². The fourth-order valence-corrected chi connectivity index (χ4v) is 1.32. The molecule has 0 saturated heterocycles. The average Bonchev–Trinajstić information content (AvgIpc) is 2.13. The maximum absolute atomic E-state index is 13.2. The molecule has 4 N–H and O–H groups in total. The third-order valence-electron chi connectivity index (χ3n) is 1.92. The zero-order chi connectivity index (χ0) is 10.2. The number of benzene rings is 1. The number of hydrogen-bond donors (Lipinski definition) is 3. The molecule has 1 aromatic rings. The summed E-state index contributed by atoms with van der Waals surface area (Å²) < 4.78 is 13.2. The Morgan fingerprint density at radius 2 is 2.15 bits per heavy atom. The Kier molecular flexibility index (Phi) is 2.52. The molecule has 0 radical (unpaired) electrons. The lowest BCUT2D eigenvalue weighted by molar-refractivity contribution is 0.430. The van der Waals surface area contributed by atoms with Crippen LogP contribution in [-0.2, 0) is 0 Å². The van der Waals surface area contributed by atoms with Gasteiger partial charge in [0.2, 0.25) is 0 Å². The summed E-state index contributed by atoms with van der Waals surface area (Å²) in [5, 5.41) is 16.7. The van der Waals surface area contributed by atoms with E-state index in [-0.39, 0.29) is 16.8 Å². The first-order valence-corrected chi connectivity index (χ1v) is 4.14. The van der Waals surface area contributed by atoms with Crippen molar-refractivity contribution in [2.24, 2.45) is 0 Å². The van der Waals surface area contributed by atoms with Gasteiger partial charge in [0.25, 0.3) is 0 Å². The van der Waals surface area contributed by atoms with Crippen molar-refractivity contribution in [1.82, 2.24) is 0 Å². The molecular formula is C8H10FN2OP. The van der Waals surface area contributed by atoms with E-state index >= 15 is 0 Å². The molecule has 70 valence electrons. The van der Waals surface area contributed by atoms with Crippen LogP contribution in [0.4, 0.5) is 10.1 Å². The highest BCUT2D eigenvalue weighted by molar-refractivity contribution is 7.28. The summed E-state index contributed by atoms with van der Waals surface area (Å²) in [5.41, 5.74) is 6.09. The van der Waals surface area contributed by atoms with Gasteiger partial charge in [-0.15, -0.1) is 9.24 Å². The first-order valence-electron chi connectivity index (χ1n) is 3.57. The maximum Gasteiger partial charge on any atom is 0.169 e. The highest BCUT2D eigenvalue weighted by atomic mass is 31.0. The second-order valence-corrected chi connectivity index (χ2v) is 3.25. The summed E-state index contributed by atoms with van der Waals surface area (Å²) in [6.45, 7) is 1.52. The lowest BCUT2D eigenvalue weighted by atomic mass is 10.1. The van der Waals surface area contributed by atoms with Gasteiger partial charge in [-0.1, -0.05) is 0 Å². The lowest BCUT2D eigenvalue weighted by Crippen LogP contribution is -2.11. The number of hydrogen-bond acceptors (Lipinski definition) is 3. The van der Waals surface area contributed by atoms with Crippen molar-refractivity contribution in [1.29, 1.82) is 5.41 Å². The predicted molar refractivity (Wildman–Crippen MR) is 54.4 cm³/mol. The van der Waals surface area contributed by atoms with Gasteiger partial charge in [0.1, 0.15) is 0 Å². The van der Waals surface area contributed by atoms with Gasteiger partial charge in [0, 0.05) is 6.21 Å². The van der Waals surface area contributed by atoms with Crippen LogP contribution in [-0.4, -0.2) is 11.3 Å². The van der Waals surface area contributed by atoms with Gasteiger partial charge in [0.15, 0.2) is 11.6 Å². The molecule has 0 aliphatic rings. The molecule has 3 nitrogen and oxygen atoms in total. The second kappa shape index (κ2) is 3.30. The highest BCUT2D eigenvalue weighted by Gasteiger charge is 2.15. The van der Waals surface area contributed by atoms with Gasteiger partial charge in [-0.05, 0) is 17.8 Å². The van der Waals surface area contributed by atoms with E-state index < -0.39 is 11.6 Å². The van der Waals surface area contributed by atoms with E-state index in [2.05, 4.69) is 9.24 Å². The number of nitrogens with one attached hydrogen (secondary N) is 1. The SMILES string of the molecule is Cc1c(F)c(O)c(C=N)c(N)c1P. The molecule has 0 saturated carbocycles. The molecule has 0 spiro atoms. The minimum Gasteiger partial charge on any atom is -0.504 e. The van der Waals surface area contributed by atoms with E-state index in [1.165, 1.54) is 6.92 Å². The number of halogens is 1. The number of nitrogens with two attached hydrogens (primary N) is 1. The summed E-state index contributed by atoms with van der Waals surface area (Å²) in [7, 11) is 2.29. The minimum absolute atomic E-state index is 0.0214. The number of rotatable bonds is 1. The lowest BCUT2D eigenvalue weighted by Gasteiger charge is -2.10. The van der Waals surface area contributed by atoms with E-state index in [0.717, 1.165) is 6.21 Å². The topological polar surface area (TPSA) is 70.1 Å². The standard InChI is InChI=1S/C8H10FN2OP/c1-3-5(9)7(12)4(2-10)6(11)8(3)13/h2,10,12H,11,13H2,1H3. The average molecular weight is 200 g/mol. The molecule has 0 aromatic heterocycles.